The molecule has 0 spiro atoms. The topological polar surface area (TPSA) is 17.1 Å². The van der Waals surface area contributed by atoms with Crippen LogP contribution < -0.4 is 0 Å². The van der Waals surface area contributed by atoms with Crippen LogP contribution in [0.1, 0.15) is 46.5 Å². The molecule has 2 rings (SSSR count). The lowest BCUT2D eigenvalue weighted by molar-refractivity contribution is -0.115. The molecule has 0 saturated heterocycles. The molecule has 0 unspecified atom stereocenters. The van der Waals surface area contributed by atoms with Crippen LogP contribution in [0.3, 0.4) is 0 Å². The maximum absolute atomic E-state index is 11.5. The lowest BCUT2D eigenvalue weighted by atomic mass is 9.64. The number of hydrogen-bond donors (Lipinski definition) is 0. The Morgan fingerprint density at radius 2 is 2.00 bits per heavy atom. The van der Waals surface area contributed by atoms with Crippen LogP contribution in [0.5, 0.6) is 0 Å². The van der Waals surface area contributed by atoms with E-state index in [1.54, 1.807) is 0 Å². The summed E-state index contributed by atoms with van der Waals surface area (Å²) in [7, 11) is 0. The zero-order chi connectivity index (χ0) is 11.0. The van der Waals surface area contributed by atoms with Crippen molar-refractivity contribution in [3.8, 4) is 0 Å². The molecule has 15 heavy (non-hydrogen) atoms. The predicted molar refractivity (Wildman–Crippen MR) is 62.5 cm³/mol. The van der Waals surface area contributed by atoms with Gasteiger partial charge in [-0.3, -0.25) is 4.79 Å². The summed E-state index contributed by atoms with van der Waals surface area (Å²) in [4.78, 5) is 11.5. The van der Waals surface area contributed by atoms with E-state index in [4.69, 9.17) is 0 Å². The van der Waals surface area contributed by atoms with Crippen molar-refractivity contribution < 1.29 is 4.79 Å². The third-order valence-corrected chi connectivity index (χ3v) is 4.31. The van der Waals surface area contributed by atoms with Crippen molar-refractivity contribution >= 4 is 5.78 Å². The van der Waals surface area contributed by atoms with Crippen molar-refractivity contribution in [2.75, 3.05) is 0 Å². The molecule has 0 aromatic carbocycles. The van der Waals surface area contributed by atoms with Crippen molar-refractivity contribution in [1.29, 1.82) is 0 Å². The van der Waals surface area contributed by atoms with Gasteiger partial charge in [0.2, 0.25) is 0 Å². The Bertz CT molecular complexity index is 288. The minimum atomic E-state index is 0.362. The van der Waals surface area contributed by atoms with Crippen LogP contribution in [0.25, 0.3) is 0 Å². The minimum absolute atomic E-state index is 0.362. The molecule has 1 fully saturated rings. The van der Waals surface area contributed by atoms with Crippen LogP contribution in [0.4, 0.5) is 0 Å². The van der Waals surface area contributed by atoms with Crippen molar-refractivity contribution in [2.24, 2.45) is 23.7 Å². The average Bonchev–Trinajstić information content (AvgIpc) is 2.17. The smallest absolute Gasteiger partial charge is 0.155 e. The van der Waals surface area contributed by atoms with Crippen LogP contribution in [0, 0.1) is 23.7 Å². The van der Waals surface area contributed by atoms with Gasteiger partial charge in [0.15, 0.2) is 5.78 Å². The SMILES string of the molecule is CC(C)[C@H]1CC[C@H](C)[C@H]2CCC(=O)C=C12. The first-order chi connectivity index (χ1) is 7.09. The largest absolute Gasteiger partial charge is 0.295 e. The summed E-state index contributed by atoms with van der Waals surface area (Å²) in [6.07, 6.45) is 6.50. The summed E-state index contributed by atoms with van der Waals surface area (Å²) < 4.78 is 0. The highest BCUT2D eigenvalue weighted by Gasteiger charge is 2.36. The van der Waals surface area contributed by atoms with Gasteiger partial charge in [-0.2, -0.15) is 0 Å². The van der Waals surface area contributed by atoms with Gasteiger partial charge in [-0.1, -0.05) is 26.3 Å². The van der Waals surface area contributed by atoms with Crippen LogP contribution in [0.2, 0.25) is 0 Å². The van der Waals surface area contributed by atoms with Gasteiger partial charge >= 0.3 is 0 Å². The van der Waals surface area contributed by atoms with E-state index in [-0.39, 0.29) is 0 Å². The van der Waals surface area contributed by atoms with E-state index in [0.717, 1.165) is 18.8 Å². The summed E-state index contributed by atoms with van der Waals surface area (Å²) in [6.45, 7) is 6.93. The summed E-state index contributed by atoms with van der Waals surface area (Å²) in [6, 6.07) is 0. The molecule has 0 aliphatic heterocycles. The number of carbonyl (C=O) groups is 1. The fourth-order valence-electron chi connectivity index (χ4n) is 3.35. The Balaban J connectivity index is 2.27. The molecule has 2 aliphatic carbocycles. The number of ketones is 1. The number of carbonyl (C=O) groups excluding carboxylic acids is 1. The minimum Gasteiger partial charge on any atom is -0.295 e. The van der Waals surface area contributed by atoms with Gasteiger partial charge in [0.05, 0.1) is 0 Å². The Morgan fingerprint density at radius 3 is 2.67 bits per heavy atom. The van der Waals surface area contributed by atoms with E-state index in [2.05, 4.69) is 20.8 Å². The second-order valence-corrected chi connectivity index (χ2v) is 5.66. The van der Waals surface area contributed by atoms with Crippen LogP contribution in [-0.2, 0) is 4.79 Å². The Hall–Kier alpha value is -0.590. The van der Waals surface area contributed by atoms with E-state index < -0.39 is 0 Å². The molecule has 2 aliphatic rings. The predicted octanol–water partition coefficient (Wildman–Crippen LogP) is 3.59. The van der Waals surface area contributed by atoms with E-state index in [1.807, 2.05) is 6.08 Å². The summed E-state index contributed by atoms with van der Waals surface area (Å²) in [5.74, 6) is 3.23. The highest BCUT2D eigenvalue weighted by molar-refractivity contribution is 5.91. The fourth-order valence-corrected chi connectivity index (χ4v) is 3.35. The van der Waals surface area contributed by atoms with Crippen LogP contribution in [-0.4, -0.2) is 5.78 Å². The van der Waals surface area contributed by atoms with Gasteiger partial charge in [0, 0.05) is 6.42 Å². The molecule has 0 amide bonds. The Labute approximate surface area is 92.9 Å². The average molecular weight is 206 g/mol. The Morgan fingerprint density at radius 1 is 1.27 bits per heavy atom. The highest BCUT2D eigenvalue weighted by Crippen LogP contribution is 2.45. The first kappa shape index (κ1) is 10.9. The van der Waals surface area contributed by atoms with Gasteiger partial charge in [0.1, 0.15) is 0 Å². The first-order valence-corrected chi connectivity index (χ1v) is 6.34. The van der Waals surface area contributed by atoms with E-state index >= 15 is 0 Å². The van der Waals surface area contributed by atoms with E-state index in [9.17, 15) is 4.79 Å². The second kappa shape index (κ2) is 4.11. The number of rotatable bonds is 1. The normalized spacial score (nSPS) is 36.4. The van der Waals surface area contributed by atoms with E-state index in [1.165, 1.54) is 18.4 Å². The van der Waals surface area contributed by atoms with Crippen molar-refractivity contribution in [1.82, 2.24) is 0 Å². The number of allylic oxidation sites excluding steroid dienone is 2. The maximum Gasteiger partial charge on any atom is 0.155 e. The van der Waals surface area contributed by atoms with E-state index in [0.29, 0.717) is 23.5 Å². The molecule has 1 saturated carbocycles. The van der Waals surface area contributed by atoms with Crippen molar-refractivity contribution in [3.05, 3.63) is 11.6 Å². The zero-order valence-corrected chi connectivity index (χ0v) is 10.1. The van der Waals surface area contributed by atoms with Gasteiger partial charge in [-0.25, -0.2) is 0 Å². The number of fused-ring (bicyclic) bond motifs is 1. The highest BCUT2D eigenvalue weighted by atomic mass is 16.1. The third kappa shape index (κ3) is 2.02. The number of hydrogen-bond acceptors (Lipinski definition) is 1. The van der Waals surface area contributed by atoms with Gasteiger partial charge in [0.25, 0.3) is 0 Å². The van der Waals surface area contributed by atoms with Gasteiger partial charge in [-0.15, -0.1) is 0 Å². The molecule has 1 heteroatoms. The van der Waals surface area contributed by atoms with Crippen molar-refractivity contribution in [3.63, 3.8) is 0 Å². The molecule has 84 valence electrons. The summed E-state index contributed by atoms with van der Waals surface area (Å²) in [5, 5.41) is 0. The first-order valence-electron chi connectivity index (χ1n) is 6.34. The standard InChI is InChI=1S/C14H22O/c1-9(2)12-6-4-10(3)13-7-5-11(15)8-14(12)13/h8-10,12-13H,4-7H2,1-3H3/t10-,12+,13+/m0/s1. The van der Waals surface area contributed by atoms with Crippen molar-refractivity contribution in [2.45, 2.75) is 46.5 Å². The molecule has 0 aromatic heterocycles. The monoisotopic (exact) mass is 206 g/mol. The quantitative estimate of drug-likeness (QED) is 0.640. The molecule has 0 heterocycles. The molecular formula is C14H22O. The lowest BCUT2D eigenvalue weighted by Crippen LogP contribution is -2.32. The molecule has 1 nitrogen and oxygen atoms in total. The molecule has 0 N–H and O–H groups in total. The van der Waals surface area contributed by atoms with Gasteiger partial charge in [-0.05, 0) is 49.0 Å². The summed E-state index contributed by atoms with van der Waals surface area (Å²) in [5.41, 5.74) is 1.49. The summed E-state index contributed by atoms with van der Waals surface area (Å²) >= 11 is 0. The lowest BCUT2D eigenvalue weighted by Gasteiger charge is -2.41. The third-order valence-electron chi connectivity index (χ3n) is 4.31. The van der Waals surface area contributed by atoms with Crippen LogP contribution in [0.15, 0.2) is 11.6 Å². The fraction of sp³-hybridized carbons (Fsp3) is 0.786. The molecule has 0 bridgehead atoms. The maximum atomic E-state index is 11.5. The molecule has 0 radical (unpaired) electrons. The molecule has 0 aromatic rings. The second-order valence-electron chi connectivity index (χ2n) is 5.66. The Kier molecular flexibility index (Phi) is 2.99. The van der Waals surface area contributed by atoms with Gasteiger partial charge < -0.3 is 0 Å². The molecule has 3 atom stereocenters. The zero-order valence-electron chi connectivity index (χ0n) is 10.1. The van der Waals surface area contributed by atoms with Crippen LogP contribution >= 0.6 is 0 Å². The molecular weight excluding hydrogens is 184 g/mol.